The van der Waals surface area contributed by atoms with Crippen LogP contribution in [-0.4, -0.2) is 32.6 Å². The second-order valence-corrected chi connectivity index (χ2v) is 4.50. The molecule has 0 atom stereocenters. The molecular formula is C8H8N4O2S2. The van der Waals surface area contributed by atoms with Gasteiger partial charge in [0.15, 0.2) is 10.0 Å². The number of rotatable bonds is 3. The second-order valence-electron chi connectivity index (χ2n) is 2.77. The Morgan fingerprint density at radius 2 is 2.19 bits per heavy atom. The first-order valence-electron chi connectivity index (χ1n) is 4.49. The summed E-state index contributed by atoms with van der Waals surface area (Å²) in [7, 11) is 1.31. The van der Waals surface area contributed by atoms with Gasteiger partial charge in [0, 0.05) is 6.42 Å². The van der Waals surface area contributed by atoms with E-state index in [1.165, 1.54) is 18.6 Å². The lowest BCUT2D eigenvalue weighted by Gasteiger charge is -1.88. The standard InChI is InChI=1S/C8H8N4O2S2/c1-3-4-9-5(16-12-4)6-10-11-7(15-6)8(13)14-2/h3H2,1-2H3. The number of aryl methyl sites for hydroxylation is 1. The molecule has 0 spiro atoms. The fourth-order valence-corrected chi connectivity index (χ4v) is 2.47. The molecule has 2 heterocycles. The molecule has 0 unspecified atom stereocenters. The highest BCUT2D eigenvalue weighted by atomic mass is 32.1. The molecule has 0 aromatic carbocycles. The van der Waals surface area contributed by atoms with Crippen LogP contribution in [0.1, 0.15) is 22.6 Å². The topological polar surface area (TPSA) is 77.9 Å². The Labute approximate surface area is 99.5 Å². The summed E-state index contributed by atoms with van der Waals surface area (Å²) < 4.78 is 8.69. The Bertz CT molecular complexity index is 508. The molecule has 8 heteroatoms. The van der Waals surface area contributed by atoms with Gasteiger partial charge in [-0.15, -0.1) is 10.2 Å². The summed E-state index contributed by atoms with van der Waals surface area (Å²) >= 11 is 2.41. The fourth-order valence-electron chi connectivity index (χ4n) is 0.964. The largest absolute Gasteiger partial charge is 0.464 e. The molecule has 0 aliphatic rings. The minimum atomic E-state index is -0.482. The van der Waals surface area contributed by atoms with Crippen molar-refractivity contribution >= 4 is 28.8 Å². The first kappa shape index (κ1) is 11.1. The summed E-state index contributed by atoms with van der Waals surface area (Å²) in [6.45, 7) is 1.98. The minimum absolute atomic E-state index is 0.228. The molecule has 0 aliphatic carbocycles. The van der Waals surface area contributed by atoms with Crippen LogP contribution in [0.5, 0.6) is 0 Å². The lowest BCUT2D eigenvalue weighted by molar-refractivity contribution is 0.0599. The summed E-state index contributed by atoms with van der Waals surface area (Å²) in [6.07, 6.45) is 0.777. The van der Waals surface area contributed by atoms with E-state index in [1.807, 2.05) is 6.92 Å². The Morgan fingerprint density at radius 3 is 2.81 bits per heavy atom. The van der Waals surface area contributed by atoms with Crippen molar-refractivity contribution in [3.63, 3.8) is 0 Å². The van der Waals surface area contributed by atoms with Crippen LogP contribution in [0.25, 0.3) is 10.0 Å². The average molecular weight is 256 g/mol. The van der Waals surface area contributed by atoms with E-state index in [4.69, 9.17) is 0 Å². The first-order valence-corrected chi connectivity index (χ1v) is 6.08. The molecule has 84 valence electrons. The van der Waals surface area contributed by atoms with Crippen LogP contribution >= 0.6 is 22.9 Å². The van der Waals surface area contributed by atoms with Crippen molar-refractivity contribution < 1.29 is 9.53 Å². The summed E-state index contributed by atoms with van der Waals surface area (Å²) in [5.74, 6) is 0.291. The van der Waals surface area contributed by atoms with E-state index in [0.717, 1.165) is 23.6 Å². The molecule has 0 aliphatic heterocycles. The van der Waals surface area contributed by atoms with Crippen LogP contribution in [0.3, 0.4) is 0 Å². The molecule has 0 saturated carbocycles. The van der Waals surface area contributed by atoms with E-state index >= 15 is 0 Å². The van der Waals surface area contributed by atoms with Crippen LogP contribution in [-0.2, 0) is 11.2 Å². The van der Waals surface area contributed by atoms with E-state index in [0.29, 0.717) is 10.0 Å². The third-order valence-electron chi connectivity index (χ3n) is 1.75. The lowest BCUT2D eigenvalue weighted by atomic mass is 10.5. The van der Waals surface area contributed by atoms with Gasteiger partial charge in [0.1, 0.15) is 5.82 Å². The number of hydrogen-bond donors (Lipinski definition) is 0. The van der Waals surface area contributed by atoms with Gasteiger partial charge in [0.05, 0.1) is 7.11 Å². The minimum Gasteiger partial charge on any atom is -0.464 e. The predicted molar refractivity (Wildman–Crippen MR) is 59.5 cm³/mol. The maximum absolute atomic E-state index is 11.2. The number of carbonyl (C=O) groups excluding carboxylic acids is 1. The highest BCUT2D eigenvalue weighted by Crippen LogP contribution is 2.25. The van der Waals surface area contributed by atoms with Gasteiger partial charge < -0.3 is 4.74 Å². The number of esters is 1. The number of methoxy groups -OCH3 is 1. The normalized spacial score (nSPS) is 10.4. The van der Waals surface area contributed by atoms with Crippen molar-refractivity contribution in [1.29, 1.82) is 0 Å². The number of hydrogen-bond acceptors (Lipinski definition) is 8. The van der Waals surface area contributed by atoms with Crippen LogP contribution in [0.2, 0.25) is 0 Å². The van der Waals surface area contributed by atoms with Crippen LogP contribution in [0.15, 0.2) is 0 Å². The monoisotopic (exact) mass is 256 g/mol. The van der Waals surface area contributed by atoms with Gasteiger partial charge in [0.25, 0.3) is 0 Å². The SMILES string of the molecule is CCc1nsc(-c2nnc(C(=O)OC)s2)n1. The summed E-state index contributed by atoms with van der Waals surface area (Å²) in [5, 5.41) is 9.12. The maximum Gasteiger partial charge on any atom is 0.369 e. The average Bonchev–Trinajstić information content (AvgIpc) is 2.95. The smallest absolute Gasteiger partial charge is 0.369 e. The Hall–Kier alpha value is -1.41. The molecule has 0 amide bonds. The highest BCUT2D eigenvalue weighted by Gasteiger charge is 2.16. The van der Waals surface area contributed by atoms with Crippen molar-refractivity contribution in [3.8, 4) is 10.0 Å². The zero-order valence-corrected chi connectivity index (χ0v) is 10.3. The van der Waals surface area contributed by atoms with Crippen LogP contribution < -0.4 is 0 Å². The molecule has 0 N–H and O–H groups in total. The third kappa shape index (κ3) is 2.07. The molecule has 0 radical (unpaired) electrons. The number of nitrogens with zero attached hydrogens (tertiary/aromatic N) is 4. The molecule has 2 aromatic heterocycles. The first-order chi connectivity index (χ1) is 7.74. The molecule has 0 fully saturated rings. The van der Waals surface area contributed by atoms with Crippen LogP contribution in [0.4, 0.5) is 0 Å². The van der Waals surface area contributed by atoms with Gasteiger partial charge in [0.2, 0.25) is 5.01 Å². The van der Waals surface area contributed by atoms with E-state index in [-0.39, 0.29) is 5.01 Å². The van der Waals surface area contributed by atoms with Gasteiger partial charge in [-0.1, -0.05) is 18.3 Å². The van der Waals surface area contributed by atoms with Crippen molar-refractivity contribution in [2.24, 2.45) is 0 Å². The zero-order chi connectivity index (χ0) is 11.5. The van der Waals surface area contributed by atoms with E-state index in [2.05, 4.69) is 24.3 Å². The van der Waals surface area contributed by atoms with E-state index in [9.17, 15) is 4.79 Å². The van der Waals surface area contributed by atoms with Gasteiger partial charge in [-0.2, -0.15) is 4.37 Å². The highest BCUT2D eigenvalue weighted by molar-refractivity contribution is 7.20. The number of ether oxygens (including phenoxy) is 1. The van der Waals surface area contributed by atoms with E-state index < -0.39 is 5.97 Å². The molecular weight excluding hydrogens is 248 g/mol. The van der Waals surface area contributed by atoms with Crippen molar-refractivity contribution in [2.75, 3.05) is 7.11 Å². The summed E-state index contributed by atoms with van der Waals surface area (Å²) in [6, 6.07) is 0. The Kier molecular flexibility index (Phi) is 3.20. The lowest BCUT2D eigenvalue weighted by Crippen LogP contribution is -1.99. The van der Waals surface area contributed by atoms with Crippen LogP contribution in [0, 0.1) is 0 Å². The second kappa shape index (κ2) is 4.62. The third-order valence-corrected chi connectivity index (χ3v) is 3.55. The number of carbonyl (C=O) groups is 1. The molecule has 0 saturated heterocycles. The number of aromatic nitrogens is 4. The molecule has 0 bridgehead atoms. The Morgan fingerprint density at radius 1 is 1.38 bits per heavy atom. The summed E-state index contributed by atoms with van der Waals surface area (Å²) in [4.78, 5) is 15.4. The van der Waals surface area contributed by atoms with Crippen molar-refractivity contribution in [2.45, 2.75) is 13.3 Å². The zero-order valence-electron chi connectivity index (χ0n) is 8.63. The predicted octanol–water partition coefficient (Wildman–Crippen LogP) is 1.41. The fraction of sp³-hybridized carbons (Fsp3) is 0.375. The van der Waals surface area contributed by atoms with Crippen molar-refractivity contribution in [1.82, 2.24) is 19.6 Å². The molecule has 6 nitrogen and oxygen atoms in total. The molecule has 2 rings (SSSR count). The van der Waals surface area contributed by atoms with Gasteiger partial charge >= 0.3 is 5.97 Å². The van der Waals surface area contributed by atoms with Gasteiger partial charge in [-0.05, 0) is 11.5 Å². The van der Waals surface area contributed by atoms with E-state index in [1.54, 1.807) is 0 Å². The molecule has 16 heavy (non-hydrogen) atoms. The quantitative estimate of drug-likeness (QED) is 0.772. The summed E-state index contributed by atoms with van der Waals surface area (Å²) in [5.41, 5.74) is 0. The van der Waals surface area contributed by atoms with Gasteiger partial charge in [-0.3, -0.25) is 0 Å². The maximum atomic E-state index is 11.2. The van der Waals surface area contributed by atoms with Gasteiger partial charge in [-0.25, -0.2) is 9.78 Å². The molecule has 2 aromatic rings. The Balaban J connectivity index is 2.27. The van der Waals surface area contributed by atoms with Crippen molar-refractivity contribution in [3.05, 3.63) is 10.8 Å².